The van der Waals surface area contributed by atoms with E-state index in [1.807, 2.05) is 24.3 Å². The van der Waals surface area contributed by atoms with Crippen molar-refractivity contribution in [2.24, 2.45) is 12.2 Å². The van der Waals surface area contributed by atoms with Crippen LogP contribution in [0, 0.1) is 0 Å². The van der Waals surface area contributed by atoms with Crippen molar-refractivity contribution in [2.75, 3.05) is 13.1 Å². The van der Waals surface area contributed by atoms with E-state index in [-0.39, 0.29) is 30.5 Å². The van der Waals surface area contributed by atoms with E-state index in [1.165, 1.54) is 9.47 Å². The maximum Gasteiger partial charge on any atom is 0.272 e. The standard InChI is InChI=1S/C22H20N6O3/c1-27-18-11-5-4-10-17(18)25-19(22(27)31)14(13-24-26-23)7-6-12-28-20(29)15-8-2-3-9-16(15)21(28)30/h2-5,8-11,14H,6-7,12-13H2,1H3/t14-/m1/s1. The van der Waals surface area contributed by atoms with Gasteiger partial charge in [0.2, 0.25) is 0 Å². The number of hydrogen-bond donors (Lipinski definition) is 0. The SMILES string of the molecule is Cn1c(=O)c([C@H](CCCN2C(=O)c3ccccc3C2=O)CN=[N+]=[N-])nc2ccccc21. The first-order valence-electron chi connectivity index (χ1n) is 9.94. The van der Waals surface area contributed by atoms with Gasteiger partial charge in [0.05, 0.1) is 22.2 Å². The molecule has 156 valence electrons. The van der Waals surface area contributed by atoms with Crippen LogP contribution in [0.15, 0.2) is 58.4 Å². The third-order valence-corrected chi connectivity index (χ3v) is 5.57. The molecule has 0 fully saturated rings. The fourth-order valence-corrected chi connectivity index (χ4v) is 3.95. The van der Waals surface area contributed by atoms with E-state index in [4.69, 9.17) is 5.53 Å². The number of imide groups is 1. The average molecular weight is 416 g/mol. The first-order chi connectivity index (χ1) is 15.0. The summed E-state index contributed by atoms with van der Waals surface area (Å²) in [6.45, 7) is 0.284. The summed E-state index contributed by atoms with van der Waals surface area (Å²) in [7, 11) is 1.68. The van der Waals surface area contributed by atoms with Crippen LogP contribution in [0.2, 0.25) is 0 Å². The van der Waals surface area contributed by atoms with Crippen LogP contribution in [0.1, 0.15) is 45.2 Å². The van der Waals surface area contributed by atoms with Crippen LogP contribution in [-0.2, 0) is 7.05 Å². The molecule has 1 atom stereocenters. The van der Waals surface area contributed by atoms with Crippen LogP contribution in [0.3, 0.4) is 0 Å². The topological polar surface area (TPSA) is 121 Å². The molecule has 2 amide bonds. The Bertz CT molecular complexity index is 1260. The van der Waals surface area contributed by atoms with Crippen LogP contribution in [-0.4, -0.2) is 39.4 Å². The Morgan fingerprint density at radius 2 is 1.68 bits per heavy atom. The molecule has 9 nitrogen and oxygen atoms in total. The van der Waals surface area contributed by atoms with Crippen molar-refractivity contribution in [2.45, 2.75) is 18.8 Å². The van der Waals surface area contributed by atoms with Crippen molar-refractivity contribution in [3.8, 4) is 0 Å². The summed E-state index contributed by atoms with van der Waals surface area (Å²) in [5, 5.41) is 3.66. The molecule has 1 aliphatic heterocycles. The summed E-state index contributed by atoms with van der Waals surface area (Å²) in [5.41, 5.74) is 11.0. The molecule has 0 saturated carbocycles. The third kappa shape index (κ3) is 3.67. The minimum Gasteiger partial charge on any atom is -0.308 e. The van der Waals surface area contributed by atoms with Gasteiger partial charge >= 0.3 is 0 Å². The maximum atomic E-state index is 12.9. The van der Waals surface area contributed by atoms with Crippen molar-refractivity contribution >= 4 is 22.8 Å². The molecule has 0 bridgehead atoms. The zero-order valence-corrected chi connectivity index (χ0v) is 16.9. The number of amides is 2. The number of azide groups is 1. The number of fused-ring (bicyclic) bond motifs is 2. The molecule has 3 aromatic rings. The molecule has 9 heteroatoms. The van der Waals surface area contributed by atoms with E-state index >= 15 is 0 Å². The number of rotatable bonds is 7. The van der Waals surface area contributed by atoms with E-state index in [9.17, 15) is 14.4 Å². The monoisotopic (exact) mass is 416 g/mol. The zero-order chi connectivity index (χ0) is 22.0. The lowest BCUT2D eigenvalue weighted by Crippen LogP contribution is -2.31. The van der Waals surface area contributed by atoms with Gasteiger partial charge < -0.3 is 4.57 Å². The molecule has 1 aromatic heterocycles. The molecule has 1 aliphatic rings. The van der Waals surface area contributed by atoms with Crippen molar-refractivity contribution in [1.82, 2.24) is 14.5 Å². The average Bonchev–Trinajstić information content (AvgIpc) is 3.03. The molecule has 0 aliphatic carbocycles. The first kappa shape index (κ1) is 20.3. The highest BCUT2D eigenvalue weighted by Gasteiger charge is 2.34. The number of carbonyl (C=O) groups is 2. The predicted molar refractivity (Wildman–Crippen MR) is 115 cm³/mol. The lowest BCUT2D eigenvalue weighted by Gasteiger charge is -2.18. The second-order valence-corrected chi connectivity index (χ2v) is 7.41. The van der Waals surface area contributed by atoms with Gasteiger partial charge in [-0.05, 0) is 42.6 Å². The first-order valence-corrected chi connectivity index (χ1v) is 9.94. The summed E-state index contributed by atoms with van der Waals surface area (Å²) >= 11 is 0. The van der Waals surface area contributed by atoms with E-state index in [0.29, 0.717) is 40.7 Å². The second kappa shape index (κ2) is 8.41. The normalized spacial score (nSPS) is 13.9. The van der Waals surface area contributed by atoms with Gasteiger partial charge in [0.25, 0.3) is 17.4 Å². The number of aryl methyl sites for hydroxylation is 1. The van der Waals surface area contributed by atoms with Gasteiger partial charge in [0.15, 0.2) is 0 Å². The number of carbonyl (C=O) groups excluding carboxylic acids is 2. The number of hydrogen-bond acceptors (Lipinski definition) is 5. The fourth-order valence-electron chi connectivity index (χ4n) is 3.95. The molecule has 2 aromatic carbocycles. The van der Waals surface area contributed by atoms with Gasteiger partial charge in [-0.1, -0.05) is 29.4 Å². The van der Waals surface area contributed by atoms with Crippen LogP contribution in [0.5, 0.6) is 0 Å². The molecule has 0 saturated heterocycles. The fraction of sp³-hybridized carbons (Fsp3) is 0.273. The van der Waals surface area contributed by atoms with E-state index in [2.05, 4.69) is 15.0 Å². The Morgan fingerprint density at radius 3 is 2.35 bits per heavy atom. The van der Waals surface area contributed by atoms with E-state index in [0.717, 1.165) is 0 Å². The zero-order valence-electron chi connectivity index (χ0n) is 16.9. The molecular formula is C22H20N6O3. The molecular weight excluding hydrogens is 396 g/mol. The maximum absolute atomic E-state index is 12.9. The smallest absolute Gasteiger partial charge is 0.272 e. The number of aromatic nitrogens is 2. The molecule has 0 spiro atoms. The van der Waals surface area contributed by atoms with Crippen LogP contribution in [0.4, 0.5) is 0 Å². The minimum absolute atomic E-state index is 0.0686. The summed E-state index contributed by atoms with van der Waals surface area (Å²) in [4.78, 5) is 46.6. The number of benzene rings is 2. The molecule has 31 heavy (non-hydrogen) atoms. The summed E-state index contributed by atoms with van der Waals surface area (Å²) in [5.74, 6) is -1.05. The van der Waals surface area contributed by atoms with E-state index in [1.54, 1.807) is 31.3 Å². The van der Waals surface area contributed by atoms with Crippen LogP contribution < -0.4 is 5.56 Å². The van der Waals surface area contributed by atoms with Gasteiger partial charge in [0.1, 0.15) is 5.69 Å². The summed E-state index contributed by atoms with van der Waals surface area (Å²) < 4.78 is 1.53. The Morgan fingerprint density at radius 1 is 1.03 bits per heavy atom. The van der Waals surface area contributed by atoms with Crippen molar-refractivity contribution in [3.05, 3.63) is 86.1 Å². The lowest BCUT2D eigenvalue weighted by atomic mass is 9.99. The van der Waals surface area contributed by atoms with Gasteiger partial charge in [-0.25, -0.2) is 4.98 Å². The summed E-state index contributed by atoms with van der Waals surface area (Å²) in [6.07, 6.45) is 0.891. The quantitative estimate of drug-likeness (QED) is 0.253. The van der Waals surface area contributed by atoms with Crippen LogP contribution in [0.25, 0.3) is 21.5 Å². The van der Waals surface area contributed by atoms with E-state index < -0.39 is 5.92 Å². The summed E-state index contributed by atoms with van der Waals surface area (Å²) in [6, 6.07) is 14.1. The third-order valence-electron chi connectivity index (χ3n) is 5.57. The second-order valence-electron chi connectivity index (χ2n) is 7.41. The highest BCUT2D eigenvalue weighted by atomic mass is 16.2. The molecule has 0 radical (unpaired) electrons. The Hall–Kier alpha value is -3.97. The van der Waals surface area contributed by atoms with Crippen LogP contribution >= 0.6 is 0 Å². The lowest BCUT2D eigenvalue weighted by molar-refractivity contribution is 0.0651. The predicted octanol–water partition coefficient (Wildman–Crippen LogP) is 3.40. The van der Waals surface area contributed by atoms with Gasteiger partial charge in [-0.15, -0.1) is 0 Å². The Labute approximate surface area is 177 Å². The molecule has 0 unspecified atom stereocenters. The largest absolute Gasteiger partial charge is 0.308 e. The highest BCUT2D eigenvalue weighted by Crippen LogP contribution is 2.25. The minimum atomic E-state index is -0.422. The van der Waals surface area contributed by atoms with Crippen molar-refractivity contribution in [3.63, 3.8) is 0 Å². The number of para-hydroxylation sites is 2. The molecule has 0 N–H and O–H groups in total. The van der Waals surface area contributed by atoms with Crippen molar-refractivity contribution in [1.29, 1.82) is 0 Å². The molecule has 4 rings (SSSR count). The van der Waals surface area contributed by atoms with Gasteiger partial charge in [-0.2, -0.15) is 0 Å². The van der Waals surface area contributed by atoms with Gasteiger partial charge in [0, 0.05) is 31.0 Å². The molecule has 2 heterocycles. The van der Waals surface area contributed by atoms with Crippen molar-refractivity contribution < 1.29 is 9.59 Å². The number of nitrogens with zero attached hydrogens (tertiary/aromatic N) is 6. The highest BCUT2D eigenvalue weighted by molar-refractivity contribution is 6.21. The van der Waals surface area contributed by atoms with Gasteiger partial charge in [-0.3, -0.25) is 19.3 Å². The Balaban J connectivity index is 1.55. The Kier molecular flexibility index (Phi) is 5.51.